The Kier molecular flexibility index (Phi) is 3.08. The Labute approximate surface area is 91.4 Å². The van der Waals surface area contributed by atoms with E-state index >= 15 is 0 Å². The summed E-state index contributed by atoms with van der Waals surface area (Å²) >= 11 is 0. The first-order valence-electron chi connectivity index (χ1n) is 5.66. The first-order valence-corrected chi connectivity index (χ1v) is 5.66. The fraction of sp³-hybridized carbons (Fsp3) is 0.538. The average Bonchev–Trinajstić information content (AvgIpc) is 2.24. The maximum atomic E-state index is 6.08. The number of benzene rings is 1. The lowest BCUT2D eigenvalue weighted by Crippen LogP contribution is -2.54. The summed E-state index contributed by atoms with van der Waals surface area (Å²) < 4.78 is 5.78. The predicted molar refractivity (Wildman–Crippen MR) is 61.5 cm³/mol. The lowest BCUT2D eigenvalue weighted by atomic mass is 9.73. The molecule has 0 aromatic heterocycles. The quantitative estimate of drug-likeness (QED) is 0.819. The molecule has 0 unspecified atom stereocenters. The maximum absolute atomic E-state index is 6.08. The summed E-state index contributed by atoms with van der Waals surface area (Å²) in [7, 11) is 0. The van der Waals surface area contributed by atoms with Gasteiger partial charge in [0.2, 0.25) is 0 Å². The summed E-state index contributed by atoms with van der Waals surface area (Å²) in [6.45, 7) is 2.86. The summed E-state index contributed by atoms with van der Waals surface area (Å²) in [5.41, 5.74) is 7.38. The van der Waals surface area contributed by atoms with Gasteiger partial charge in [-0.15, -0.1) is 0 Å². The Balaban J connectivity index is 1.73. The molecule has 0 bridgehead atoms. The molecule has 0 spiro atoms. The Morgan fingerprint density at radius 1 is 1.33 bits per heavy atom. The highest BCUT2D eigenvalue weighted by Gasteiger charge is 2.39. The number of hydrogen-bond donors (Lipinski definition) is 1. The summed E-state index contributed by atoms with van der Waals surface area (Å²) in [4.78, 5) is 0. The van der Waals surface area contributed by atoms with Crippen molar-refractivity contribution >= 4 is 0 Å². The highest BCUT2D eigenvalue weighted by atomic mass is 16.5. The smallest absolute Gasteiger partial charge is 0.0720 e. The van der Waals surface area contributed by atoms with Crippen molar-refractivity contribution in [1.82, 2.24) is 0 Å². The minimum Gasteiger partial charge on any atom is -0.373 e. The summed E-state index contributed by atoms with van der Waals surface area (Å²) in [5, 5.41) is 0. The second kappa shape index (κ2) is 4.33. The molecule has 1 aromatic rings. The van der Waals surface area contributed by atoms with Crippen molar-refractivity contribution < 1.29 is 4.74 Å². The molecule has 0 aliphatic heterocycles. The first kappa shape index (κ1) is 10.7. The number of hydrogen-bond acceptors (Lipinski definition) is 2. The van der Waals surface area contributed by atoms with Crippen molar-refractivity contribution in [2.45, 2.75) is 44.4 Å². The minimum atomic E-state index is 0.0569. The zero-order valence-corrected chi connectivity index (χ0v) is 9.28. The third kappa shape index (κ3) is 2.58. The van der Waals surface area contributed by atoms with E-state index < -0.39 is 0 Å². The number of nitrogens with two attached hydrogens (primary N) is 1. The molecule has 0 amide bonds. The summed E-state index contributed by atoms with van der Waals surface area (Å²) in [6.07, 6.45) is 3.44. The second-order valence-electron chi connectivity index (χ2n) is 4.54. The fourth-order valence-electron chi connectivity index (χ4n) is 2.04. The van der Waals surface area contributed by atoms with Crippen molar-refractivity contribution in [2.24, 2.45) is 5.73 Å². The highest BCUT2D eigenvalue weighted by molar-refractivity contribution is 5.13. The van der Waals surface area contributed by atoms with Crippen molar-refractivity contribution in [2.75, 3.05) is 0 Å². The van der Waals surface area contributed by atoms with Gasteiger partial charge in [-0.25, -0.2) is 0 Å². The van der Waals surface area contributed by atoms with Gasteiger partial charge in [-0.2, -0.15) is 0 Å². The van der Waals surface area contributed by atoms with Crippen LogP contribution in [-0.2, 0) is 11.3 Å². The Hall–Kier alpha value is -0.860. The van der Waals surface area contributed by atoms with Crippen LogP contribution in [0, 0.1) is 0 Å². The molecule has 1 aromatic carbocycles. The van der Waals surface area contributed by atoms with E-state index in [0.29, 0.717) is 12.7 Å². The van der Waals surface area contributed by atoms with Crippen LogP contribution in [0.2, 0.25) is 0 Å². The largest absolute Gasteiger partial charge is 0.373 e. The molecule has 15 heavy (non-hydrogen) atoms. The standard InChI is InChI=1S/C13H19NO/c1-2-13(14)8-12(9-13)15-10-11-6-4-3-5-7-11/h3-7,12H,2,8-10,14H2,1H3. The van der Waals surface area contributed by atoms with Gasteiger partial charge in [-0.1, -0.05) is 37.3 Å². The molecule has 1 saturated carbocycles. The molecule has 0 heterocycles. The van der Waals surface area contributed by atoms with Crippen LogP contribution in [0.1, 0.15) is 31.7 Å². The van der Waals surface area contributed by atoms with E-state index in [4.69, 9.17) is 10.5 Å². The third-order valence-electron chi connectivity index (χ3n) is 3.30. The Bertz CT molecular complexity index is 304. The van der Waals surface area contributed by atoms with E-state index in [1.807, 2.05) is 18.2 Å². The molecule has 0 radical (unpaired) electrons. The molecule has 2 rings (SSSR count). The van der Waals surface area contributed by atoms with Gasteiger partial charge in [0.15, 0.2) is 0 Å². The molecule has 1 aliphatic rings. The van der Waals surface area contributed by atoms with E-state index in [1.54, 1.807) is 0 Å². The van der Waals surface area contributed by atoms with Crippen LogP contribution in [-0.4, -0.2) is 11.6 Å². The van der Waals surface area contributed by atoms with Crippen LogP contribution in [0.3, 0.4) is 0 Å². The van der Waals surface area contributed by atoms with Gasteiger partial charge >= 0.3 is 0 Å². The molecule has 2 nitrogen and oxygen atoms in total. The van der Waals surface area contributed by atoms with E-state index in [1.165, 1.54) is 5.56 Å². The van der Waals surface area contributed by atoms with Crippen LogP contribution >= 0.6 is 0 Å². The van der Waals surface area contributed by atoms with Gasteiger partial charge in [-0.05, 0) is 24.8 Å². The molecule has 2 N–H and O–H groups in total. The van der Waals surface area contributed by atoms with Gasteiger partial charge in [0.1, 0.15) is 0 Å². The van der Waals surface area contributed by atoms with Crippen LogP contribution in [0.15, 0.2) is 30.3 Å². The van der Waals surface area contributed by atoms with Crippen molar-refractivity contribution in [3.63, 3.8) is 0 Å². The third-order valence-corrected chi connectivity index (χ3v) is 3.30. The number of rotatable bonds is 4. The highest BCUT2D eigenvalue weighted by Crippen LogP contribution is 2.35. The van der Waals surface area contributed by atoms with Crippen LogP contribution in [0.25, 0.3) is 0 Å². The number of ether oxygens (including phenoxy) is 1. The zero-order chi connectivity index (χ0) is 10.7. The van der Waals surface area contributed by atoms with Crippen molar-refractivity contribution in [3.8, 4) is 0 Å². The second-order valence-corrected chi connectivity index (χ2v) is 4.54. The zero-order valence-electron chi connectivity index (χ0n) is 9.28. The van der Waals surface area contributed by atoms with E-state index in [0.717, 1.165) is 19.3 Å². The van der Waals surface area contributed by atoms with Crippen LogP contribution < -0.4 is 5.73 Å². The molecular formula is C13H19NO. The topological polar surface area (TPSA) is 35.2 Å². The van der Waals surface area contributed by atoms with E-state index in [-0.39, 0.29) is 5.54 Å². The van der Waals surface area contributed by atoms with Gasteiger partial charge in [0.25, 0.3) is 0 Å². The first-order chi connectivity index (χ1) is 7.22. The fourth-order valence-corrected chi connectivity index (χ4v) is 2.04. The normalized spacial score (nSPS) is 29.9. The Morgan fingerprint density at radius 3 is 2.60 bits per heavy atom. The van der Waals surface area contributed by atoms with Gasteiger partial charge in [0.05, 0.1) is 12.7 Å². The van der Waals surface area contributed by atoms with Crippen LogP contribution in [0.5, 0.6) is 0 Å². The maximum Gasteiger partial charge on any atom is 0.0720 e. The van der Waals surface area contributed by atoms with Gasteiger partial charge < -0.3 is 10.5 Å². The lowest BCUT2D eigenvalue weighted by molar-refractivity contribution is -0.0526. The van der Waals surface area contributed by atoms with E-state index in [2.05, 4.69) is 19.1 Å². The molecule has 2 heteroatoms. The molecule has 82 valence electrons. The Morgan fingerprint density at radius 2 is 2.00 bits per heavy atom. The SMILES string of the molecule is CCC1(N)CC(OCc2ccccc2)C1. The minimum absolute atomic E-state index is 0.0569. The molecule has 0 atom stereocenters. The van der Waals surface area contributed by atoms with Gasteiger partial charge in [0, 0.05) is 5.54 Å². The molecule has 0 saturated heterocycles. The monoisotopic (exact) mass is 205 g/mol. The summed E-state index contributed by atoms with van der Waals surface area (Å²) in [6, 6.07) is 10.3. The molecule has 1 aliphatic carbocycles. The van der Waals surface area contributed by atoms with Crippen molar-refractivity contribution in [3.05, 3.63) is 35.9 Å². The van der Waals surface area contributed by atoms with Crippen molar-refractivity contribution in [1.29, 1.82) is 0 Å². The van der Waals surface area contributed by atoms with Gasteiger partial charge in [-0.3, -0.25) is 0 Å². The summed E-state index contributed by atoms with van der Waals surface area (Å²) in [5.74, 6) is 0. The average molecular weight is 205 g/mol. The molecular weight excluding hydrogens is 186 g/mol. The van der Waals surface area contributed by atoms with Crippen LogP contribution in [0.4, 0.5) is 0 Å². The van der Waals surface area contributed by atoms with E-state index in [9.17, 15) is 0 Å². The predicted octanol–water partition coefficient (Wildman–Crippen LogP) is 2.47. The lowest BCUT2D eigenvalue weighted by Gasteiger charge is -2.44. The molecule has 1 fully saturated rings.